The van der Waals surface area contributed by atoms with E-state index in [0.29, 0.717) is 53.4 Å². The Morgan fingerprint density at radius 1 is 1.07 bits per heavy atom. The summed E-state index contributed by atoms with van der Waals surface area (Å²) in [6.07, 6.45) is 0. The van der Waals surface area contributed by atoms with Gasteiger partial charge in [-0.1, -0.05) is 0 Å². The van der Waals surface area contributed by atoms with Crippen molar-refractivity contribution in [3.8, 4) is 17.2 Å². The summed E-state index contributed by atoms with van der Waals surface area (Å²) in [5.41, 5.74) is 2.86. The van der Waals surface area contributed by atoms with Crippen molar-refractivity contribution in [2.75, 3.05) is 51.1 Å². The smallest absolute Gasteiger partial charge is 0.203 e. The normalized spacial score (nSPS) is 16.0. The maximum Gasteiger partial charge on any atom is 0.203 e. The molecule has 5 nitrogen and oxygen atoms in total. The Bertz CT molecular complexity index is 882. The number of halogens is 3. The van der Waals surface area contributed by atoms with Gasteiger partial charge in [0.15, 0.2) is 11.5 Å². The van der Waals surface area contributed by atoms with Crippen LogP contribution in [0.4, 0.5) is 10.1 Å². The quantitative estimate of drug-likeness (QED) is 0.600. The lowest BCUT2D eigenvalue weighted by Crippen LogP contribution is -2.40. The molecule has 8 heteroatoms. The van der Waals surface area contributed by atoms with E-state index in [1.807, 2.05) is 12.1 Å². The van der Waals surface area contributed by atoms with Crippen LogP contribution in [0.1, 0.15) is 11.1 Å². The number of anilines is 1. The van der Waals surface area contributed by atoms with Gasteiger partial charge < -0.3 is 19.1 Å². The van der Waals surface area contributed by atoms with Gasteiger partial charge >= 0.3 is 0 Å². The standard InChI is InChI=1S/C21H23Cl2FN2O3/c1-27-18-8-13(9-19(28-2)21(18)29-3)20-16-10-14(24)4-5-17(16)26(7-6-22)15(11-23)12-25-20/h4-5,8-10,15H,6-7,11-12H2,1-3H3. The maximum atomic E-state index is 14.2. The van der Waals surface area contributed by atoms with Gasteiger partial charge in [-0.2, -0.15) is 0 Å². The minimum absolute atomic E-state index is 0.0563. The number of nitrogens with zero attached hydrogens (tertiary/aromatic N) is 2. The molecule has 0 fully saturated rings. The van der Waals surface area contributed by atoms with E-state index < -0.39 is 0 Å². The largest absolute Gasteiger partial charge is 0.493 e. The summed E-state index contributed by atoms with van der Waals surface area (Å²) < 4.78 is 30.6. The zero-order valence-electron chi connectivity index (χ0n) is 16.5. The molecule has 1 aliphatic rings. The Morgan fingerprint density at radius 3 is 2.31 bits per heavy atom. The molecule has 0 amide bonds. The monoisotopic (exact) mass is 440 g/mol. The zero-order valence-corrected chi connectivity index (χ0v) is 18.1. The first-order chi connectivity index (χ1) is 14.1. The summed E-state index contributed by atoms with van der Waals surface area (Å²) in [6.45, 7) is 1.03. The Hall–Kier alpha value is -2.18. The molecule has 156 valence electrons. The lowest BCUT2D eigenvalue weighted by Gasteiger charge is -2.31. The molecule has 1 heterocycles. The molecule has 0 spiro atoms. The van der Waals surface area contributed by atoms with E-state index in [2.05, 4.69) is 4.90 Å². The molecule has 2 aromatic rings. The molecule has 1 aliphatic heterocycles. The number of methoxy groups -OCH3 is 3. The van der Waals surface area contributed by atoms with Gasteiger partial charge in [0, 0.05) is 35.1 Å². The molecule has 1 atom stereocenters. The highest BCUT2D eigenvalue weighted by Crippen LogP contribution is 2.40. The van der Waals surface area contributed by atoms with Gasteiger partial charge in [-0.15, -0.1) is 23.2 Å². The van der Waals surface area contributed by atoms with Gasteiger partial charge in [0.1, 0.15) is 5.82 Å². The van der Waals surface area contributed by atoms with Gasteiger partial charge in [-0.25, -0.2) is 4.39 Å². The summed E-state index contributed by atoms with van der Waals surface area (Å²) in [4.78, 5) is 6.88. The third-order valence-electron chi connectivity index (χ3n) is 4.87. The SMILES string of the molecule is COc1cc(C2=NCC(CCl)N(CCCl)c3ccc(F)cc32)cc(OC)c1OC. The molecule has 1 unspecified atom stereocenters. The third kappa shape index (κ3) is 4.23. The Balaban J connectivity index is 2.22. The molecule has 0 aromatic heterocycles. The molecule has 0 bridgehead atoms. The first-order valence-electron chi connectivity index (χ1n) is 9.11. The molecule has 0 radical (unpaired) electrons. The van der Waals surface area contributed by atoms with Crippen molar-refractivity contribution in [1.82, 2.24) is 0 Å². The van der Waals surface area contributed by atoms with Gasteiger partial charge in [-0.3, -0.25) is 4.99 Å². The highest BCUT2D eigenvalue weighted by molar-refractivity contribution is 6.20. The number of rotatable bonds is 7. The van der Waals surface area contributed by atoms with Crippen LogP contribution in [-0.4, -0.2) is 57.9 Å². The second-order valence-corrected chi connectivity index (χ2v) is 7.14. The summed E-state index contributed by atoms with van der Waals surface area (Å²) >= 11 is 12.3. The number of hydrogen-bond acceptors (Lipinski definition) is 5. The van der Waals surface area contributed by atoms with E-state index in [1.165, 1.54) is 12.1 Å². The Labute approximate surface area is 180 Å². The topological polar surface area (TPSA) is 43.3 Å². The van der Waals surface area contributed by atoms with Crippen LogP contribution in [-0.2, 0) is 0 Å². The highest BCUT2D eigenvalue weighted by atomic mass is 35.5. The van der Waals surface area contributed by atoms with Gasteiger partial charge in [0.25, 0.3) is 0 Å². The number of benzene rings is 2. The van der Waals surface area contributed by atoms with Gasteiger partial charge in [-0.05, 0) is 30.3 Å². The fourth-order valence-corrected chi connectivity index (χ4v) is 3.96. The minimum Gasteiger partial charge on any atom is -0.493 e. The van der Waals surface area contributed by atoms with Crippen LogP contribution in [0.15, 0.2) is 35.3 Å². The zero-order chi connectivity index (χ0) is 21.0. The summed E-state index contributed by atoms with van der Waals surface area (Å²) in [7, 11) is 4.65. The van der Waals surface area contributed by atoms with Crippen LogP contribution in [0.5, 0.6) is 17.2 Å². The van der Waals surface area contributed by atoms with Crippen LogP contribution in [0.2, 0.25) is 0 Å². The van der Waals surface area contributed by atoms with Crippen LogP contribution in [0.25, 0.3) is 0 Å². The van der Waals surface area contributed by atoms with Crippen LogP contribution in [0, 0.1) is 5.82 Å². The predicted octanol–water partition coefficient (Wildman–Crippen LogP) is 4.36. The Kier molecular flexibility index (Phi) is 7.09. The lowest BCUT2D eigenvalue weighted by atomic mass is 9.99. The molecule has 3 rings (SSSR count). The second-order valence-electron chi connectivity index (χ2n) is 6.46. The van der Waals surface area contributed by atoms with Crippen LogP contribution >= 0.6 is 23.2 Å². The second kappa shape index (κ2) is 9.55. The van der Waals surface area contributed by atoms with Crippen molar-refractivity contribution in [2.45, 2.75) is 6.04 Å². The van der Waals surface area contributed by atoms with Crippen molar-refractivity contribution in [3.05, 3.63) is 47.3 Å². The van der Waals surface area contributed by atoms with Crippen LogP contribution < -0.4 is 19.1 Å². The fraction of sp³-hybridized carbons (Fsp3) is 0.381. The van der Waals surface area contributed by atoms with E-state index in [-0.39, 0.29) is 11.9 Å². The van der Waals surface area contributed by atoms with Crippen LogP contribution in [0.3, 0.4) is 0 Å². The molecule has 0 saturated heterocycles. The first-order valence-corrected chi connectivity index (χ1v) is 10.2. The van der Waals surface area contributed by atoms with Crippen molar-refractivity contribution >= 4 is 34.6 Å². The molecule has 2 aromatic carbocycles. The molecule has 0 aliphatic carbocycles. The average molecular weight is 441 g/mol. The number of aliphatic imine (C=N–C) groups is 1. The number of alkyl halides is 2. The van der Waals surface area contributed by atoms with E-state index in [1.54, 1.807) is 27.4 Å². The van der Waals surface area contributed by atoms with Gasteiger partial charge in [0.05, 0.1) is 39.6 Å². The molecule has 29 heavy (non-hydrogen) atoms. The van der Waals surface area contributed by atoms with Gasteiger partial charge in [0.2, 0.25) is 5.75 Å². The molecule has 0 N–H and O–H groups in total. The van der Waals surface area contributed by atoms with Crippen molar-refractivity contribution in [3.63, 3.8) is 0 Å². The van der Waals surface area contributed by atoms with E-state index in [9.17, 15) is 4.39 Å². The average Bonchev–Trinajstić information content (AvgIpc) is 2.89. The molecular weight excluding hydrogens is 418 g/mol. The van der Waals surface area contributed by atoms with Crippen molar-refractivity contribution in [1.29, 1.82) is 0 Å². The summed E-state index contributed by atoms with van der Waals surface area (Å²) in [5.74, 6) is 1.93. The highest BCUT2D eigenvalue weighted by Gasteiger charge is 2.27. The van der Waals surface area contributed by atoms with Crippen molar-refractivity contribution < 1.29 is 18.6 Å². The fourth-order valence-electron chi connectivity index (χ4n) is 3.52. The number of hydrogen-bond donors (Lipinski definition) is 0. The number of fused-ring (bicyclic) bond motifs is 1. The maximum absolute atomic E-state index is 14.2. The number of ether oxygens (including phenoxy) is 3. The van der Waals surface area contributed by atoms with E-state index in [0.717, 1.165) is 11.3 Å². The molecule has 0 saturated carbocycles. The first kappa shape index (κ1) is 21.5. The van der Waals surface area contributed by atoms with E-state index >= 15 is 0 Å². The lowest BCUT2D eigenvalue weighted by molar-refractivity contribution is 0.324. The third-order valence-corrected chi connectivity index (χ3v) is 5.39. The number of benzodiazepines with no additional fused rings is 1. The van der Waals surface area contributed by atoms with E-state index in [4.69, 9.17) is 42.4 Å². The van der Waals surface area contributed by atoms with Crippen molar-refractivity contribution in [2.24, 2.45) is 4.99 Å². The predicted molar refractivity (Wildman–Crippen MR) is 116 cm³/mol. The Morgan fingerprint density at radius 2 is 1.76 bits per heavy atom. The molecular formula is C21H23Cl2FN2O3. The summed E-state index contributed by atoms with van der Waals surface area (Å²) in [6, 6.07) is 8.22. The minimum atomic E-state index is -0.348. The summed E-state index contributed by atoms with van der Waals surface area (Å²) in [5, 5.41) is 0.